The van der Waals surface area contributed by atoms with Crippen molar-refractivity contribution in [3.63, 3.8) is 0 Å². The molecule has 0 rings (SSSR count). The molecule has 0 aromatic heterocycles. The predicted octanol–water partition coefficient (Wildman–Crippen LogP) is 2.56. The molecular weight excluding hydrogens is 294 g/mol. The van der Waals surface area contributed by atoms with Crippen LogP contribution in [0.5, 0.6) is 0 Å². The number of hydrogen-bond donors (Lipinski definition) is 3. The number of aliphatic hydroxyl groups excluding tert-OH is 3. The van der Waals surface area contributed by atoms with E-state index in [0.717, 1.165) is 0 Å². The number of hydrogen-bond acceptors (Lipinski definition) is 3. The minimum atomic E-state index is -3.74. The van der Waals surface area contributed by atoms with Crippen LogP contribution >= 0.6 is 0 Å². The van der Waals surface area contributed by atoms with Crippen molar-refractivity contribution in [3.8, 4) is 11.5 Å². The maximum atomic E-state index is 13.9. The lowest BCUT2D eigenvalue weighted by Crippen LogP contribution is -2.46. The second-order valence-electron chi connectivity index (χ2n) is 6.46. The van der Waals surface area contributed by atoms with Gasteiger partial charge in [-0.1, -0.05) is 41.5 Å². The largest absolute Gasteiger partial charge is 0.394 e. The van der Waals surface area contributed by atoms with Crippen LogP contribution in [-0.4, -0.2) is 48.1 Å². The van der Waals surface area contributed by atoms with Crippen LogP contribution in [-0.2, 0) is 0 Å². The summed E-state index contributed by atoms with van der Waals surface area (Å²) in [7, 11) is -2.32. The van der Waals surface area contributed by atoms with Crippen molar-refractivity contribution in [2.45, 2.75) is 76.3 Å². The van der Waals surface area contributed by atoms with E-state index in [1.54, 1.807) is 0 Å². The molecule has 0 aliphatic carbocycles. The molecule has 6 heteroatoms. The molecule has 0 heterocycles. The molecule has 0 spiro atoms. The van der Waals surface area contributed by atoms with E-state index in [1.165, 1.54) is 0 Å². The minimum Gasteiger partial charge on any atom is -0.394 e. The van der Waals surface area contributed by atoms with Crippen molar-refractivity contribution in [3.05, 3.63) is 0 Å². The second-order valence-corrected chi connectivity index (χ2v) is 12.0. The Morgan fingerprint density at radius 2 is 1.33 bits per heavy atom. The highest BCUT2D eigenvalue weighted by molar-refractivity contribution is 6.90. The van der Waals surface area contributed by atoms with Crippen LogP contribution in [0.25, 0.3) is 0 Å². The Hall–Kier alpha value is -0.483. The Labute approximate surface area is 127 Å². The highest BCUT2D eigenvalue weighted by Gasteiger charge is 2.45. The van der Waals surface area contributed by atoms with Crippen molar-refractivity contribution >= 4 is 8.07 Å². The van der Waals surface area contributed by atoms with Crippen molar-refractivity contribution in [1.29, 1.82) is 0 Å². The third-order valence-electron chi connectivity index (χ3n) is 4.23. The average molecular weight is 322 g/mol. The average Bonchev–Trinajstić information content (AvgIpc) is 2.36. The molecular formula is C15H28F2O3Si. The fraction of sp³-hybridized carbons (Fsp3) is 0.867. The minimum absolute atomic E-state index is 0.195. The summed E-state index contributed by atoms with van der Waals surface area (Å²) in [4.78, 5) is 0. The van der Waals surface area contributed by atoms with Gasteiger partial charge in [-0.25, -0.2) is 0 Å². The van der Waals surface area contributed by atoms with Gasteiger partial charge in [-0.2, -0.15) is 8.78 Å². The van der Waals surface area contributed by atoms with Crippen LogP contribution < -0.4 is 0 Å². The molecule has 0 aliphatic rings. The fourth-order valence-electron chi connectivity index (χ4n) is 3.04. The van der Waals surface area contributed by atoms with E-state index in [0.29, 0.717) is 0 Å². The monoisotopic (exact) mass is 322 g/mol. The maximum Gasteiger partial charge on any atom is 0.335 e. The van der Waals surface area contributed by atoms with Gasteiger partial charge in [-0.05, 0) is 22.5 Å². The SMILES string of the molecule is CC(C)[Si](C#CC(F)(F)[C@H](O)[C@@H](O)CO)(C(C)C)C(C)C. The molecule has 0 bridgehead atoms. The first-order chi connectivity index (χ1) is 9.43. The first-order valence-electron chi connectivity index (χ1n) is 7.32. The molecule has 0 saturated carbocycles. The smallest absolute Gasteiger partial charge is 0.335 e. The zero-order valence-corrected chi connectivity index (χ0v) is 14.7. The Balaban J connectivity index is 5.67. The van der Waals surface area contributed by atoms with Gasteiger partial charge in [-0.15, -0.1) is 5.54 Å². The van der Waals surface area contributed by atoms with Crippen LogP contribution in [0.1, 0.15) is 41.5 Å². The van der Waals surface area contributed by atoms with Gasteiger partial charge in [0, 0.05) is 0 Å². The van der Waals surface area contributed by atoms with Gasteiger partial charge in [0.05, 0.1) is 6.61 Å². The molecule has 0 unspecified atom stereocenters. The lowest BCUT2D eigenvalue weighted by molar-refractivity contribution is -0.127. The normalized spacial score (nSPS) is 16.1. The molecule has 124 valence electrons. The number of rotatable bonds is 6. The lowest BCUT2D eigenvalue weighted by atomic mass is 10.1. The number of halogens is 2. The van der Waals surface area contributed by atoms with Crippen LogP contribution in [0.4, 0.5) is 8.78 Å². The van der Waals surface area contributed by atoms with E-state index in [4.69, 9.17) is 5.11 Å². The van der Waals surface area contributed by atoms with Gasteiger partial charge >= 0.3 is 5.92 Å². The summed E-state index contributed by atoms with van der Waals surface area (Å²) in [5, 5.41) is 27.3. The molecule has 0 fully saturated rings. The van der Waals surface area contributed by atoms with Gasteiger partial charge in [-0.3, -0.25) is 0 Å². The maximum absolute atomic E-state index is 13.9. The molecule has 0 amide bonds. The third-order valence-corrected chi connectivity index (χ3v) is 10.5. The number of aliphatic hydroxyl groups is 3. The van der Waals surface area contributed by atoms with Gasteiger partial charge in [0.25, 0.3) is 0 Å². The fourth-order valence-corrected chi connectivity index (χ4v) is 8.29. The lowest BCUT2D eigenvalue weighted by Gasteiger charge is -2.38. The second kappa shape index (κ2) is 7.68. The van der Waals surface area contributed by atoms with E-state index in [9.17, 15) is 19.0 Å². The van der Waals surface area contributed by atoms with E-state index < -0.39 is 32.8 Å². The summed E-state index contributed by atoms with van der Waals surface area (Å²) in [6, 6.07) is 0. The topological polar surface area (TPSA) is 60.7 Å². The van der Waals surface area contributed by atoms with E-state index in [2.05, 4.69) is 5.54 Å². The first kappa shape index (κ1) is 20.5. The van der Waals surface area contributed by atoms with Crippen molar-refractivity contribution in [1.82, 2.24) is 0 Å². The summed E-state index contributed by atoms with van der Waals surface area (Å²) in [6.45, 7) is 11.1. The van der Waals surface area contributed by atoms with E-state index in [1.807, 2.05) is 47.5 Å². The summed E-state index contributed by atoms with van der Waals surface area (Å²) in [5.74, 6) is -1.82. The molecule has 21 heavy (non-hydrogen) atoms. The summed E-state index contributed by atoms with van der Waals surface area (Å²) < 4.78 is 27.8. The summed E-state index contributed by atoms with van der Waals surface area (Å²) in [6.07, 6.45) is -4.28. The van der Waals surface area contributed by atoms with E-state index >= 15 is 0 Å². The van der Waals surface area contributed by atoms with Crippen molar-refractivity contribution in [2.24, 2.45) is 0 Å². The standard InChI is InChI=1S/C15H28F2O3Si/c1-10(2)21(11(3)4,12(5)6)8-7-15(16,17)14(20)13(19)9-18/h10-14,18-20H,9H2,1-6H3/t13-,14+/m0/s1. The molecule has 2 atom stereocenters. The molecule has 0 saturated heterocycles. The third kappa shape index (κ3) is 4.49. The van der Waals surface area contributed by atoms with Crippen LogP contribution in [0.3, 0.4) is 0 Å². The molecule has 3 N–H and O–H groups in total. The molecule has 0 radical (unpaired) electrons. The van der Waals surface area contributed by atoms with Gasteiger partial charge in [0.15, 0.2) is 6.10 Å². The van der Waals surface area contributed by atoms with Crippen LogP contribution in [0, 0.1) is 11.5 Å². The molecule has 3 nitrogen and oxygen atoms in total. The molecule has 0 aromatic rings. The van der Waals surface area contributed by atoms with E-state index in [-0.39, 0.29) is 16.6 Å². The Morgan fingerprint density at radius 1 is 0.952 bits per heavy atom. The Kier molecular flexibility index (Phi) is 7.50. The highest BCUT2D eigenvalue weighted by atomic mass is 28.3. The zero-order valence-electron chi connectivity index (χ0n) is 13.7. The van der Waals surface area contributed by atoms with Crippen molar-refractivity contribution in [2.75, 3.05) is 6.61 Å². The summed E-state index contributed by atoms with van der Waals surface area (Å²) in [5.41, 5.74) is 3.40. The number of alkyl halides is 2. The Morgan fingerprint density at radius 3 is 1.62 bits per heavy atom. The zero-order chi connectivity index (χ0) is 17.0. The van der Waals surface area contributed by atoms with Crippen molar-refractivity contribution < 1.29 is 24.1 Å². The Bertz CT molecular complexity index is 364. The molecule has 0 aliphatic heterocycles. The van der Waals surface area contributed by atoms with Crippen LogP contribution in [0.2, 0.25) is 16.6 Å². The quantitative estimate of drug-likeness (QED) is 0.520. The predicted molar refractivity (Wildman–Crippen MR) is 82.9 cm³/mol. The van der Waals surface area contributed by atoms with Gasteiger partial charge in [0.2, 0.25) is 0 Å². The van der Waals surface area contributed by atoms with Gasteiger partial charge in [0.1, 0.15) is 14.2 Å². The first-order valence-corrected chi connectivity index (χ1v) is 9.55. The van der Waals surface area contributed by atoms with Gasteiger partial charge < -0.3 is 15.3 Å². The highest BCUT2D eigenvalue weighted by Crippen LogP contribution is 2.41. The van der Waals surface area contributed by atoms with Crippen LogP contribution in [0.15, 0.2) is 0 Å². The molecule has 0 aromatic carbocycles. The summed E-state index contributed by atoms with van der Waals surface area (Å²) >= 11 is 0.